The molecule has 1 fully saturated rings. The van der Waals surface area contributed by atoms with E-state index in [9.17, 15) is 4.79 Å². The molecule has 0 saturated carbocycles. The predicted molar refractivity (Wildman–Crippen MR) is 53.5 cm³/mol. The SMILES string of the molecule is C[C@@H]1C[C@H](CCC(=O)N(C)C)CN1. The molecule has 1 saturated heterocycles. The predicted octanol–water partition coefficient (Wildman–Crippen LogP) is 0.853. The van der Waals surface area contributed by atoms with Crippen molar-refractivity contribution >= 4 is 5.91 Å². The fraction of sp³-hybridized carbons (Fsp3) is 0.900. The third-order valence-corrected chi connectivity index (χ3v) is 2.71. The van der Waals surface area contributed by atoms with E-state index in [-0.39, 0.29) is 5.91 Å². The van der Waals surface area contributed by atoms with Crippen LogP contribution in [0.5, 0.6) is 0 Å². The molecular weight excluding hydrogens is 164 g/mol. The number of amides is 1. The van der Waals surface area contributed by atoms with Gasteiger partial charge in [-0.15, -0.1) is 0 Å². The van der Waals surface area contributed by atoms with Crippen molar-refractivity contribution in [3.63, 3.8) is 0 Å². The molecule has 1 amide bonds. The topological polar surface area (TPSA) is 32.3 Å². The number of carbonyl (C=O) groups excluding carboxylic acids is 1. The van der Waals surface area contributed by atoms with Crippen molar-refractivity contribution in [2.45, 2.75) is 32.2 Å². The van der Waals surface area contributed by atoms with Crippen LogP contribution >= 0.6 is 0 Å². The highest BCUT2D eigenvalue weighted by Gasteiger charge is 2.21. The number of hydrogen-bond acceptors (Lipinski definition) is 2. The molecule has 3 heteroatoms. The van der Waals surface area contributed by atoms with E-state index in [0.29, 0.717) is 18.4 Å². The lowest BCUT2D eigenvalue weighted by Crippen LogP contribution is -2.22. The number of carbonyl (C=O) groups is 1. The zero-order chi connectivity index (χ0) is 9.84. The first-order chi connectivity index (χ1) is 6.09. The number of hydrogen-bond donors (Lipinski definition) is 1. The van der Waals surface area contributed by atoms with E-state index in [1.165, 1.54) is 6.42 Å². The van der Waals surface area contributed by atoms with Gasteiger partial charge in [0, 0.05) is 26.6 Å². The number of nitrogens with one attached hydrogen (secondary N) is 1. The average Bonchev–Trinajstić information content (AvgIpc) is 2.47. The Balaban J connectivity index is 2.16. The van der Waals surface area contributed by atoms with Crippen LogP contribution in [0.4, 0.5) is 0 Å². The second kappa shape index (κ2) is 4.61. The van der Waals surface area contributed by atoms with E-state index in [0.717, 1.165) is 13.0 Å². The minimum atomic E-state index is 0.250. The second-order valence-electron chi connectivity index (χ2n) is 4.24. The zero-order valence-corrected chi connectivity index (χ0v) is 8.84. The van der Waals surface area contributed by atoms with E-state index < -0.39 is 0 Å². The fourth-order valence-electron chi connectivity index (χ4n) is 1.81. The maximum atomic E-state index is 11.3. The minimum absolute atomic E-state index is 0.250. The number of rotatable bonds is 3. The van der Waals surface area contributed by atoms with Crippen LogP contribution in [0.2, 0.25) is 0 Å². The van der Waals surface area contributed by atoms with Crippen LogP contribution in [0.15, 0.2) is 0 Å². The van der Waals surface area contributed by atoms with Gasteiger partial charge in [0.2, 0.25) is 5.91 Å². The Morgan fingerprint density at radius 2 is 2.23 bits per heavy atom. The first-order valence-corrected chi connectivity index (χ1v) is 5.03. The molecule has 1 heterocycles. The second-order valence-corrected chi connectivity index (χ2v) is 4.24. The van der Waals surface area contributed by atoms with Gasteiger partial charge in [-0.3, -0.25) is 4.79 Å². The Hall–Kier alpha value is -0.570. The highest BCUT2D eigenvalue weighted by Crippen LogP contribution is 2.18. The largest absolute Gasteiger partial charge is 0.349 e. The Labute approximate surface area is 80.5 Å². The van der Waals surface area contributed by atoms with Gasteiger partial charge in [0.05, 0.1) is 0 Å². The smallest absolute Gasteiger partial charge is 0.222 e. The van der Waals surface area contributed by atoms with Gasteiger partial charge >= 0.3 is 0 Å². The van der Waals surface area contributed by atoms with Crippen molar-refractivity contribution in [2.75, 3.05) is 20.6 Å². The molecule has 1 N–H and O–H groups in total. The first-order valence-electron chi connectivity index (χ1n) is 5.03. The molecule has 13 heavy (non-hydrogen) atoms. The maximum Gasteiger partial charge on any atom is 0.222 e. The molecule has 0 unspecified atom stereocenters. The third kappa shape index (κ3) is 3.35. The van der Waals surface area contributed by atoms with Crippen LogP contribution in [0.25, 0.3) is 0 Å². The maximum absolute atomic E-state index is 11.3. The van der Waals surface area contributed by atoms with Crippen molar-refractivity contribution in [1.82, 2.24) is 10.2 Å². The molecule has 1 aliphatic rings. The van der Waals surface area contributed by atoms with Gasteiger partial charge in [-0.1, -0.05) is 0 Å². The monoisotopic (exact) mass is 184 g/mol. The van der Waals surface area contributed by atoms with Crippen LogP contribution in [-0.4, -0.2) is 37.5 Å². The Kier molecular flexibility index (Phi) is 3.72. The summed E-state index contributed by atoms with van der Waals surface area (Å²) in [5, 5.41) is 3.40. The highest BCUT2D eigenvalue weighted by molar-refractivity contribution is 5.75. The summed E-state index contributed by atoms with van der Waals surface area (Å²) in [5.74, 6) is 0.957. The fourth-order valence-corrected chi connectivity index (χ4v) is 1.81. The van der Waals surface area contributed by atoms with Gasteiger partial charge < -0.3 is 10.2 Å². The molecule has 0 aromatic rings. The molecule has 0 radical (unpaired) electrons. The minimum Gasteiger partial charge on any atom is -0.349 e. The summed E-state index contributed by atoms with van der Waals surface area (Å²) in [5.41, 5.74) is 0. The lowest BCUT2D eigenvalue weighted by molar-refractivity contribution is -0.128. The van der Waals surface area contributed by atoms with Gasteiger partial charge in [-0.05, 0) is 32.2 Å². The molecular formula is C10H20N2O. The summed E-state index contributed by atoms with van der Waals surface area (Å²) in [4.78, 5) is 13.0. The summed E-state index contributed by atoms with van der Waals surface area (Å²) >= 11 is 0. The van der Waals surface area contributed by atoms with Crippen LogP contribution in [-0.2, 0) is 4.79 Å². The highest BCUT2D eigenvalue weighted by atomic mass is 16.2. The molecule has 0 bridgehead atoms. The van der Waals surface area contributed by atoms with E-state index in [1.54, 1.807) is 4.90 Å². The molecule has 2 atom stereocenters. The molecule has 0 aromatic heterocycles. The van der Waals surface area contributed by atoms with E-state index in [4.69, 9.17) is 0 Å². The van der Waals surface area contributed by atoms with Crippen molar-refractivity contribution in [3.05, 3.63) is 0 Å². The summed E-state index contributed by atoms with van der Waals surface area (Å²) in [6, 6.07) is 0.638. The summed E-state index contributed by atoms with van der Waals surface area (Å²) in [6.07, 6.45) is 2.96. The Morgan fingerprint density at radius 3 is 2.69 bits per heavy atom. The molecule has 3 nitrogen and oxygen atoms in total. The van der Waals surface area contributed by atoms with Gasteiger partial charge in [0.1, 0.15) is 0 Å². The molecule has 1 rings (SSSR count). The van der Waals surface area contributed by atoms with Crippen molar-refractivity contribution in [1.29, 1.82) is 0 Å². The zero-order valence-electron chi connectivity index (χ0n) is 8.84. The van der Waals surface area contributed by atoms with Gasteiger partial charge in [0.25, 0.3) is 0 Å². The van der Waals surface area contributed by atoms with E-state index >= 15 is 0 Å². The Bertz CT molecular complexity index is 180. The quantitative estimate of drug-likeness (QED) is 0.705. The van der Waals surface area contributed by atoms with Gasteiger partial charge in [0.15, 0.2) is 0 Å². The molecule has 76 valence electrons. The van der Waals surface area contributed by atoms with Gasteiger partial charge in [-0.25, -0.2) is 0 Å². The summed E-state index contributed by atoms with van der Waals surface area (Å²) < 4.78 is 0. The lowest BCUT2D eigenvalue weighted by atomic mass is 10.0. The summed E-state index contributed by atoms with van der Waals surface area (Å²) in [6.45, 7) is 3.29. The van der Waals surface area contributed by atoms with E-state index in [2.05, 4.69) is 12.2 Å². The standard InChI is InChI=1S/C10H20N2O/c1-8-6-9(7-11-8)4-5-10(13)12(2)3/h8-9,11H,4-7H2,1-3H3/t8-,9+/m1/s1. The van der Waals surface area contributed by atoms with Crippen LogP contribution in [0.1, 0.15) is 26.2 Å². The van der Waals surface area contributed by atoms with Crippen molar-refractivity contribution in [2.24, 2.45) is 5.92 Å². The van der Waals surface area contributed by atoms with E-state index in [1.807, 2.05) is 14.1 Å². The van der Waals surface area contributed by atoms with Crippen molar-refractivity contribution < 1.29 is 4.79 Å². The molecule has 0 aromatic carbocycles. The lowest BCUT2D eigenvalue weighted by Gasteiger charge is -2.12. The average molecular weight is 184 g/mol. The van der Waals surface area contributed by atoms with Crippen LogP contribution in [0.3, 0.4) is 0 Å². The van der Waals surface area contributed by atoms with Crippen LogP contribution < -0.4 is 5.32 Å². The normalized spacial score (nSPS) is 27.6. The first kappa shape index (κ1) is 10.5. The van der Waals surface area contributed by atoms with Crippen LogP contribution in [0, 0.1) is 5.92 Å². The third-order valence-electron chi connectivity index (χ3n) is 2.71. The number of nitrogens with zero attached hydrogens (tertiary/aromatic N) is 1. The Morgan fingerprint density at radius 1 is 1.54 bits per heavy atom. The molecule has 1 aliphatic heterocycles. The van der Waals surface area contributed by atoms with Gasteiger partial charge in [-0.2, -0.15) is 0 Å². The summed E-state index contributed by atoms with van der Waals surface area (Å²) in [7, 11) is 3.63. The molecule has 0 spiro atoms. The molecule has 0 aliphatic carbocycles. The van der Waals surface area contributed by atoms with Crippen molar-refractivity contribution in [3.8, 4) is 0 Å².